The number of hydrogen-bond donors (Lipinski definition) is 2. The number of para-hydroxylation sites is 1. The molecule has 13 heavy (non-hydrogen) atoms. The average Bonchev–Trinajstić information content (AvgIpc) is 2.30. The first kappa shape index (κ1) is 8.57. The van der Waals surface area contributed by atoms with Crippen LogP contribution < -0.4 is 11.1 Å². The summed E-state index contributed by atoms with van der Waals surface area (Å²) in [5, 5.41) is 3.44. The summed E-state index contributed by atoms with van der Waals surface area (Å²) < 4.78 is 0. The fourth-order valence-corrected chi connectivity index (χ4v) is 1.93. The van der Waals surface area contributed by atoms with Crippen molar-refractivity contribution >= 4 is 5.69 Å². The van der Waals surface area contributed by atoms with Gasteiger partial charge in [0.05, 0.1) is 0 Å². The zero-order valence-electron chi connectivity index (χ0n) is 8.01. The van der Waals surface area contributed by atoms with E-state index in [9.17, 15) is 0 Å². The van der Waals surface area contributed by atoms with Crippen LogP contribution in [0.1, 0.15) is 30.0 Å². The van der Waals surface area contributed by atoms with Crippen molar-refractivity contribution in [2.45, 2.75) is 25.8 Å². The highest BCUT2D eigenvalue weighted by Gasteiger charge is 2.15. The van der Waals surface area contributed by atoms with Crippen LogP contribution in [0.4, 0.5) is 5.69 Å². The molecule has 0 fully saturated rings. The fourth-order valence-electron chi connectivity index (χ4n) is 1.93. The third kappa shape index (κ3) is 1.54. The second-order valence-electron chi connectivity index (χ2n) is 3.71. The minimum atomic E-state index is 0.213. The van der Waals surface area contributed by atoms with Crippen molar-refractivity contribution in [1.29, 1.82) is 0 Å². The van der Waals surface area contributed by atoms with Gasteiger partial charge in [-0.25, -0.2) is 0 Å². The minimum absolute atomic E-state index is 0.213. The van der Waals surface area contributed by atoms with Crippen LogP contribution in [0.15, 0.2) is 18.2 Å². The molecule has 1 unspecified atom stereocenters. The maximum atomic E-state index is 6.08. The molecule has 1 aromatic carbocycles. The van der Waals surface area contributed by atoms with Crippen LogP contribution in [0.3, 0.4) is 0 Å². The Morgan fingerprint density at radius 2 is 2.31 bits per heavy atom. The van der Waals surface area contributed by atoms with E-state index in [2.05, 4.69) is 30.4 Å². The van der Waals surface area contributed by atoms with Crippen LogP contribution in [0, 0.1) is 6.92 Å². The van der Waals surface area contributed by atoms with Gasteiger partial charge in [0.25, 0.3) is 0 Å². The zero-order valence-corrected chi connectivity index (χ0v) is 8.01. The number of aryl methyl sites for hydroxylation is 1. The largest absolute Gasteiger partial charge is 0.385 e. The molecule has 0 amide bonds. The first-order chi connectivity index (χ1) is 6.29. The van der Waals surface area contributed by atoms with Gasteiger partial charge in [0.1, 0.15) is 0 Å². The Morgan fingerprint density at radius 3 is 3.15 bits per heavy atom. The molecule has 2 nitrogen and oxygen atoms in total. The van der Waals surface area contributed by atoms with Gasteiger partial charge in [0.2, 0.25) is 0 Å². The molecule has 1 heterocycles. The van der Waals surface area contributed by atoms with Gasteiger partial charge in [-0.3, -0.25) is 0 Å². The topological polar surface area (TPSA) is 38.0 Å². The monoisotopic (exact) mass is 176 g/mol. The molecule has 0 saturated carbocycles. The van der Waals surface area contributed by atoms with Gasteiger partial charge in [0, 0.05) is 18.3 Å². The number of hydrogen-bond acceptors (Lipinski definition) is 2. The normalized spacial score (nSPS) is 21.5. The van der Waals surface area contributed by atoms with Gasteiger partial charge in [-0.15, -0.1) is 0 Å². The molecule has 1 aromatic rings. The second-order valence-corrected chi connectivity index (χ2v) is 3.71. The molecule has 2 rings (SSSR count). The Hall–Kier alpha value is -1.02. The van der Waals surface area contributed by atoms with E-state index in [4.69, 9.17) is 5.73 Å². The van der Waals surface area contributed by atoms with Crippen LogP contribution in [-0.2, 0) is 0 Å². The summed E-state index contributed by atoms with van der Waals surface area (Å²) in [5.41, 5.74) is 9.91. The van der Waals surface area contributed by atoms with Crippen molar-refractivity contribution in [3.63, 3.8) is 0 Å². The Labute approximate surface area is 79.1 Å². The predicted molar refractivity (Wildman–Crippen MR) is 55.8 cm³/mol. The average molecular weight is 176 g/mol. The van der Waals surface area contributed by atoms with E-state index in [-0.39, 0.29) is 6.04 Å². The predicted octanol–water partition coefficient (Wildman–Crippen LogP) is 2.20. The maximum Gasteiger partial charge on any atom is 0.0418 e. The van der Waals surface area contributed by atoms with Crippen LogP contribution >= 0.6 is 0 Å². The fraction of sp³-hybridized carbons (Fsp3) is 0.455. The lowest BCUT2D eigenvalue weighted by atomic mass is 10.0. The maximum absolute atomic E-state index is 6.08. The number of nitrogens with two attached hydrogens (primary N) is 1. The van der Waals surface area contributed by atoms with E-state index in [0.717, 1.165) is 19.4 Å². The van der Waals surface area contributed by atoms with Crippen molar-refractivity contribution < 1.29 is 0 Å². The van der Waals surface area contributed by atoms with Crippen molar-refractivity contribution in [2.75, 3.05) is 11.9 Å². The molecule has 2 heteroatoms. The number of fused-ring (bicyclic) bond motifs is 1. The van der Waals surface area contributed by atoms with Crippen LogP contribution in [-0.4, -0.2) is 6.54 Å². The Morgan fingerprint density at radius 1 is 1.46 bits per heavy atom. The molecule has 0 radical (unpaired) electrons. The molecule has 1 atom stereocenters. The molecular weight excluding hydrogens is 160 g/mol. The van der Waals surface area contributed by atoms with E-state index in [1.165, 1.54) is 16.8 Å². The zero-order chi connectivity index (χ0) is 9.26. The summed E-state index contributed by atoms with van der Waals surface area (Å²) in [6, 6.07) is 6.56. The summed E-state index contributed by atoms with van der Waals surface area (Å²) in [6.45, 7) is 3.18. The van der Waals surface area contributed by atoms with Crippen molar-refractivity contribution in [3.8, 4) is 0 Å². The first-order valence-corrected chi connectivity index (χ1v) is 4.88. The van der Waals surface area contributed by atoms with Gasteiger partial charge in [0.15, 0.2) is 0 Å². The molecule has 0 aromatic heterocycles. The van der Waals surface area contributed by atoms with Gasteiger partial charge in [-0.2, -0.15) is 0 Å². The van der Waals surface area contributed by atoms with E-state index < -0.39 is 0 Å². The summed E-state index contributed by atoms with van der Waals surface area (Å²) in [7, 11) is 0. The summed E-state index contributed by atoms with van der Waals surface area (Å²) in [4.78, 5) is 0. The number of nitrogens with one attached hydrogen (secondary N) is 1. The minimum Gasteiger partial charge on any atom is -0.385 e. The third-order valence-corrected chi connectivity index (χ3v) is 2.70. The summed E-state index contributed by atoms with van der Waals surface area (Å²) in [6.07, 6.45) is 2.25. The second kappa shape index (κ2) is 3.38. The van der Waals surface area contributed by atoms with Crippen LogP contribution in [0.25, 0.3) is 0 Å². The van der Waals surface area contributed by atoms with Crippen molar-refractivity contribution in [2.24, 2.45) is 5.73 Å². The number of benzene rings is 1. The van der Waals surface area contributed by atoms with Crippen LogP contribution in [0.5, 0.6) is 0 Å². The molecule has 0 saturated heterocycles. The van der Waals surface area contributed by atoms with Gasteiger partial charge in [-0.05, 0) is 30.9 Å². The van der Waals surface area contributed by atoms with Crippen LogP contribution in [0.2, 0.25) is 0 Å². The highest BCUT2D eigenvalue weighted by Crippen LogP contribution is 2.29. The lowest BCUT2D eigenvalue weighted by molar-refractivity contribution is 0.642. The highest BCUT2D eigenvalue weighted by molar-refractivity contribution is 5.58. The quantitative estimate of drug-likeness (QED) is 0.636. The molecule has 70 valence electrons. The summed E-state index contributed by atoms with van der Waals surface area (Å²) >= 11 is 0. The van der Waals surface area contributed by atoms with E-state index in [0.29, 0.717) is 0 Å². The van der Waals surface area contributed by atoms with Gasteiger partial charge < -0.3 is 11.1 Å². The van der Waals surface area contributed by atoms with Gasteiger partial charge in [-0.1, -0.05) is 18.2 Å². The molecule has 1 aliphatic heterocycles. The van der Waals surface area contributed by atoms with Crippen molar-refractivity contribution in [3.05, 3.63) is 29.3 Å². The third-order valence-electron chi connectivity index (χ3n) is 2.70. The lowest BCUT2D eigenvalue weighted by Crippen LogP contribution is -2.09. The van der Waals surface area contributed by atoms with E-state index in [1.807, 2.05) is 0 Å². The standard InChI is InChI=1S/C11H16N2/c1-8-4-2-5-9-10(12)6-3-7-13-11(8)9/h2,4-5,10,13H,3,6-7,12H2,1H3. The Kier molecular flexibility index (Phi) is 2.23. The number of anilines is 1. The lowest BCUT2D eigenvalue weighted by Gasteiger charge is -2.14. The molecule has 0 spiro atoms. The molecule has 0 bridgehead atoms. The molecule has 1 aliphatic rings. The SMILES string of the molecule is Cc1cccc2c1NCCCC2N. The van der Waals surface area contributed by atoms with E-state index >= 15 is 0 Å². The van der Waals surface area contributed by atoms with Crippen molar-refractivity contribution in [1.82, 2.24) is 0 Å². The Balaban J connectivity index is 2.47. The summed E-state index contributed by atoms with van der Waals surface area (Å²) in [5.74, 6) is 0. The molecule has 3 N–H and O–H groups in total. The Bertz CT molecular complexity index is 307. The molecular formula is C11H16N2. The van der Waals surface area contributed by atoms with E-state index in [1.54, 1.807) is 0 Å². The number of rotatable bonds is 0. The highest BCUT2D eigenvalue weighted by atomic mass is 14.9. The molecule has 0 aliphatic carbocycles. The first-order valence-electron chi connectivity index (χ1n) is 4.88. The van der Waals surface area contributed by atoms with Gasteiger partial charge >= 0.3 is 0 Å². The smallest absolute Gasteiger partial charge is 0.0418 e.